The highest BCUT2D eigenvalue weighted by Gasteiger charge is 2.22. The van der Waals surface area contributed by atoms with Crippen LogP contribution in [0.15, 0.2) is 58.4 Å². The zero-order chi connectivity index (χ0) is 29.3. The van der Waals surface area contributed by atoms with Crippen LogP contribution in [0.1, 0.15) is 5.56 Å². The molecule has 3 heterocycles. The molecule has 2 aromatic heterocycles. The predicted octanol–water partition coefficient (Wildman–Crippen LogP) is 2.57. The number of benzene rings is 2. The predicted molar refractivity (Wildman–Crippen MR) is 162 cm³/mol. The molecule has 1 saturated heterocycles. The van der Waals surface area contributed by atoms with Gasteiger partial charge >= 0.3 is 5.69 Å². The van der Waals surface area contributed by atoms with Crippen LogP contribution in [0.3, 0.4) is 0 Å². The second kappa shape index (κ2) is 11.7. The van der Waals surface area contributed by atoms with Crippen molar-refractivity contribution in [2.75, 3.05) is 64.1 Å². The molecule has 0 aliphatic carbocycles. The monoisotopic (exact) mass is 575 g/mol. The van der Waals surface area contributed by atoms with Crippen LogP contribution in [0.2, 0.25) is 5.02 Å². The number of fused-ring (bicyclic) bond motifs is 1. The Morgan fingerprint density at radius 3 is 2.44 bits per heavy atom. The number of nitrogens with one attached hydrogen (secondary N) is 1. The van der Waals surface area contributed by atoms with Crippen molar-refractivity contribution in [1.82, 2.24) is 28.9 Å². The fourth-order valence-electron chi connectivity index (χ4n) is 5.10. The standard InChI is InChI=1S/C29H34ClN9O2/c1-19-7-6-8-23(30)25(19)39-26(31-2)22-17-32-28(34-27(22)36(5)29(39)41)33-20-9-11-21(12-10-20)37-13-15-38(16-14-37)24(40)18-35(3)4/h6-12,17H,13-16,18H2,1-5H3,(H,32,33,34)/b31-26-. The molecule has 1 aliphatic rings. The number of carbonyl (C=O) groups is 1. The van der Waals surface area contributed by atoms with E-state index in [2.05, 4.69) is 25.2 Å². The number of aromatic nitrogens is 4. The van der Waals surface area contributed by atoms with Gasteiger partial charge in [0.1, 0.15) is 5.49 Å². The third-order valence-electron chi connectivity index (χ3n) is 7.21. The van der Waals surface area contributed by atoms with Crippen LogP contribution < -0.4 is 21.4 Å². The third-order valence-corrected chi connectivity index (χ3v) is 7.52. The Bertz CT molecular complexity index is 1700. The van der Waals surface area contributed by atoms with Crippen LogP contribution in [0.25, 0.3) is 16.7 Å². The molecule has 4 aromatic rings. The van der Waals surface area contributed by atoms with Gasteiger partial charge in [-0.25, -0.2) is 14.3 Å². The Morgan fingerprint density at radius 1 is 1.10 bits per heavy atom. The number of amides is 1. The fraction of sp³-hybridized carbons (Fsp3) is 0.345. The summed E-state index contributed by atoms with van der Waals surface area (Å²) < 4.78 is 2.98. The first-order chi connectivity index (χ1) is 19.7. The summed E-state index contributed by atoms with van der Waals surface area (Å²) in [5.74, 6) is 0.526. The number of halogens is 1. The van der Waals surface area contributed by atoms with Gasteiger partial charge < -0.3 is 20.0 Å². The van der Waals surface area contributed by atoms with Crippen molar-refractivity contribution in [3.05, 3.63) is 75.2 Å². The molecule has 0 radical (unpaired) electrons. The van der Waals surface area contributed by atoms with Crippen molar-refractivity contribution in [2.24, 2.45) is 12.0 Å². The van der Waals surface area contributed by atoms with E-state index in [0.717, 1.165) is 30.0 Å². The zero-order valence-electron chi connectivity index (χ0n) is 23.9. The van der Waals surface area contributed by atoms with Crippen LogP contribution in [-0.2, 0) is 11.8 Å². The molecule has 1 amide bonds. The van der Waals surface area contributed by atoms with Crippen molar-refractivity contribution in [1.29, 1.82) is 0 Å². The maximum absolute atomic E-state index is 13.5. The number of rotatable bonds is 6. The summed E-state index contributed by atoms with van der Waals surface area (Å²) >= 11 is 6.51. The maximum Gasteiger partial charge on any atom is 0.335 e. The minimum Gasteiger partial charge on any atom is -0.368 e. The summed E-state index contributed by atoms with van der Waals surface area (Å²) in [4.78, 5) is 45.6. The van der Waals surface area contributed by atoms with Crippen LogP contribution in [0, 0.1) is 6.92 Å². The second-order valence-electron chi connectivity index (χ2n) is 10.3. The SMILES string of the molecule is C/N=c1/c2cnc(Nc3ccc(N4CCN(C(=O)CN(C)C)CC4)cc3)nc2n(C)c(=O)n1-c1c(C)cccc1Cl. The lowest BCUT2D eigenvalue weighted by Gasteiger charge is -2.36. The van der Waals surface area contributed by atoms with Gasteiger partial charge in [0.15, 0.2) is 5.65 Å². The molecule has 5 rings (SSSR count). The van der Waals surface area contributed by atoms with Crippen molar-refractivity contribution < 1.29 is 4.79 Å². The van der Waals surface area contributed by atoms with Gasteiger partial charge in [0.25, 0.3) is 0 Å². The van der Waals surface area contributed by atoms with E-state index in [1.807, 2.05) is 67.2 Å². The summed E-state index contributed by atoms with van der Waals surface area (Å²) in [6.07, 6.45) is 1.67. The topological polar surface area (TPSA) is 104 Å². The maximum atomic E-state index is 13.5. The Hall–Kier alpha value is -4.22. The molecule has 0 atom stereocenters. The summed E-state index contributed by atoms with van der Waals surface area (Å²) in [5.41, 5.74) is 3.91. The van der Waals surface area contributed by atoms with Crippen LogP contribution in [-0.4, -0.2) is 88.7 Å². The highest BCUT2D eigenvalue weighted by atomic mass is 35.5. The number of carbonyl (C=O) groups excluding carboxylic acids is 1. The zero-order valence-corrected chi connectivity index (χ0v) is 24.7. The molecular weight excluding hydrogens is 542 g/mol. The van der Waals surface area contributed by atoms with Gasteiger partial charge in [-0.05, 0) is 56.9 Å². The fourth-order valence-corrected chi connectivity index (χ4v) is 5.40. The van der Waals surface area contributed by atoms with E-state index in [9.17, 15) is 9.59 Å². The molecule has 12 heteroatoms. The molecule has 11 nitrogen and oxygen atoms in total. The third kappa shape index (κ3) is 5.68. The molecule has 214 valence electrons. The molecule has 2 aromatic carbocycles. The summed E-state index contributed by atoms with van der Waals surface area (Å²) in [7, 11) is 7.12. The molecule has 41 heavy (non-hydrogen) atoms. The van der Waals surface area contributed by atoms with Gasteiger partial charge in [-0.2, -0.15) is 4.98 Å². The first kappa shape index (κ1) is 28.3. The van der Waals surface area contributed by atoms with Gasteiger partial charge in [0, 0.05) is 57.8 Å². The Labute approximate surface area is 243 Å². The average molecular weight is 576 g/mol. The van der Waals surface area contributed by atoms with Crippen molar-refractivity contribution in [3.8, 4) is 5.69 Å². The minimum absolute atomic E-state index is 0.163. The molecule has 0 spiro atoms. The number of anilines is 3. The van der Waals surface area contributed by atoms with E-state index in [4.69, 9.17) is 11.6 Å². The van der Waals surface area contributed by atoms with E-state index >= 15 is 0 Å². The number of hydrogen-bond acceptors (Lipinski definition) is 8. The normalized spacial score (nSPS) is 14.3. The van der Waals surface area contributed by atoms with Crippen molar-refractivity contribution >= 4 is 45.9 Å². The van der Waals surface area contributed by atoms with Gasteiger partial charge in [-0.15, -0.1) is 0 Å². The number of nitrogens with zero attached hydrogens (tertiary/aromatic N) is 8. The molecular formula is C29H34ClN9O2. The number of para-hydroxylation sites is 1. The Kier molecular flexibility index (Phi) is 8.09. The van der Waals surface area contributed by atoms with Crippen LogP contribution in [0.4, 0.5) is 17.3 Å². The lowest BCUT2D eigenvalue weighted by molar-refractivity contribution is -0.132. The van der Waals surface area contributed by atoms with E-state index in [1.165, 1.54) is 9.13 Å². The summed E-state index contributed by atoms with van der Waals surface area (Å²) in [5, 5.41) is 4.32. The first-order valence-corrected chi connectivity index (χ1v) is 13.8. The molecule has 0 unspecified atom stereocenters. The van der Waals surface area contributed by atoms with E-state index in [0.29, 0.717) is 52.8 Å². The molecule has 1 aliphatic heterocycles. The van der Waals surface area contributed by atoms with Crippen molar-refractivity contribution in [3.63, 3.8) is 0 Å². The number of aryl methyl sites for hydroxylation is 2. The van der Waals surface area contributed by atoms with Gasteiger partial charge in [0.05, 0.1) is 22.6 Å². The lowest BCUT2D eigenvalue weighted by atomic mass is 10.2. The van der Waals surface area contributed by atoms with Gasteiger partial charge in [-0.3, -0.25) is 14.4 Å². The molecule has 0 saturated carbocycles. The first-order valence-electron chi connectivity index (χ1n) is 13.4. The Morgan fingerprint density at radius 2 is 1.80 bits per heavy atom. The molecule has 1 fully saturated rings. The van der Waals surface area contributed by atoms with E-state index in [1.54, 1.807) is 26.4 Å². The Balaban J connectivity index is 1.37. The lowest BCUT2D eigenvalue weighted by Crippen LogP contribution is -2.50. The second-order valence-corrected chi connectivity index (χ2v) is 10.7. The number of piperazine rings is 1. The number of hydrogen-bond donors (Lipinski definition) is 1. The average Bonchev–Trinajstić information content (AvgIpc) is 2.96. The highest BCUT2D eigenvalue weighted by molar-refractivity contribution is 6.32. The van der Waals surface area contributed by atoms with Crippen LogP contribution in [0.5, 0.6) is 0 Å². The van der Waals surface area contributed by atoms with Gasteiger partial charge in [-0.1, -0.05) is 23.7 Å². The largest absolute Gasteiger partial charge is 0.368 e. The molecule has 0 bridgehead atoms. The van der Waals surface area contributed by atoms with E-state index in [-0.39, 0.29) is 11.6 Å². The smallest absolute Gasteiger partial charge is 0.335 e. The highest BCUT2D eigenvalue weighted by Crippen LogP contribution is 2.24. The van der Waals surface area contributed by atoms with Crippen molar-refractivity contribution in [2.45, 2.75) is 6.92 Å². The minimum atomic E-state index is -0.313. The van der Waals surface area contributed by atoms with Gasteiger partial charge in [0.2, 0.25) is 11.9 Å². The number of likely N-dealkylation sites (N-methyl/N-ethyl adjacent to an activating group) is 1. The molecule has 1 N–H and O–H groups in total. The van der Waals surface area contributed by atoms with Crippen LogP contribution >= 0.6 is 11.6 Å². The quantitative estimate of drug-likeness (QED) is 0.377. The summed E-state index contributed by atoms with van der Waals surface area (Å²) in [6, 6.07) is 13.5. The van der Waals surface area contributed by atoms with E-state index < -0.39 is 0 Å². The summed E-state index contributed by atoms with van der Waals surface area (Å²) in [6.45, 7) is 5.32.